The number of alkyl halides is 3. The van der Waals surface area contributed by atoms with Gasteiger partial charge < -0.3 is 11.1 Å². The maximum Gasteiger partial charge on any atom is 0.416 e. The Morgan fingerprint density at radius 3 is 2.50 bits per heavy atom. The minimum atomic E-state index is -4.49. The van der Waals surface area contributed by atoms with E-state index in [0.717, 1.165) is 6.07 Å². The topological polar surface area (TPSA) is 55.1 Å². The monoisotopic (exact) mass is 232 g/mol. The van der Waals surface area contributed by atoms with Crippen molar-refractivity contribution in [1.82, 2.24) is 5.32 Å². The van der Waals surface area contributed by atoms with Crippen LogP contribution in [-0.4, -0.2) is 13.0 Å². The van der Waals surface area contributed by atoms with Gasteiger partial charge in [0.2, 0.25) is 5.91 Å². The molecule has 0 heterocycles. The minimum Gasteiger partial charge on any atom is -0.366 e. The Kier molecular flexibility index (Phi) is 3.54. The predicted octanol–water partition coefficient (Wildman–Crippen LogP) is 1.52. The Bertz CT molecular complexity index is 402. The van der Waals surface area contributed by atoms with Crippen LogP contribution >= 0.6 is 0 Å². The number of carbonyl (C=O) groups is 1. The second kappa shape index (κ2) is 4.52. The van der Waals surface area contributed by atoms with Crippen molar-refractivity contribution >= 4 is 5.91 Å². The average Bonchev–Trinajstić information content (AvgIpc) is 2.16. The summed E-state index contributed by atoms with van der Waals surface area (Å²) in [5.41, 5.74) is 3.96. The predicted molar refractivity (Wildman–Crippen MR) is 52.7 cm³/mol. The molecule has 0 aromatic heterocycles. The first kappa shape index (κ1) is 12.5. The van der Waals surface area contributed by atoms with E-state index in [1.165, 1.54) is 19.2 Å². The maximum absolute atomic E-state index is 12.6. The van der Waals surface area contributed by atoms with Crippen LogP contribution in [-0.2, 0) is 12.7 Å². The summed E-state index contributed by atoms with van der Waals surface area (Å²) < 4.78 is 37.9. The van der Waals surface area contributed by atoms with E-state index in [1.54, 1.807) is 0 Å². The van der Waals surface area contributed by atoms with Crippen LogP contribution < -0.4 is 11.1 Å². The van der Waals surface area contributed by atoms with Gasteiger partial charge in [-0.15, -0.1) is 0 Å². The molecule has 1 amide bonds. The fourth-order valence-electron chi connectivity index (χ4n) is 1.45. The maximum atomic E-state index is 12.6. The van der Waals surface area contributed by atoms with Crippen LogP contribution in [0.25, 0.3) is 0 Å². The van der Waals surface area contributed by atoms with Gasteiger partial charge >= 0.3 is 6.18 Å². The van der Waals surface area contributed by atoms with Crippen molar-refractivity contribution in [3.63, 3.8) is 0 Å². The van der Waals surface area contributed by atoms with Gasteiger partial charge in [-0.1, -0.05) is 6.07 Å². The van der Waals surface area contributed by atoms with Crippen LogP contribution in [0, 0.1) is 0 Å². The summed E-state index contributed by atoms with van der Waals surface area (Å²) in [6.07, 6.45) is -4.49. The molecule has 3 nitrogen and oxygen atoms in total. The van der Waals surface area contributed by atoms with E-state index in [2.05, 4.69) is 5.32 Å². The number of carbonyl (C=O) groups excluding carboxylic acids is 1. The highest BCUT2D eigenvalue weighted by molar-refractivity contribution is 5.94. The first-order valence-electron chi connectivity index (χ1n) is 4.51. The minimum absolute atomic E-state index is 0.0616. The van der Waals surface area contributed by atoms with Gasteiger partial charge in [0, 0.05) is 12.1 Å². The molecule has 1 aromatic rings. The van der Waals surface area contributed by atoms with Crippen molar-refractivity contribution in [2.45, 2.75) is 12.7 Å². The summed E-state index contributed by atoms with van der Waals surface area (Å²) in [5.74, 6) is -0.864. The Morgan fingerprint density at radius 1 is 1.44 bits per heavy atom. The van der Waals surface area contributed by atoms with E-state index in [9.17, 15) is 18.0 Å². The molecule has 0 atom stereocenters. The lowest BCUT2D eigenvalue weighted by Gasteiger charge is -2.15. The second-order valence-corrected chi connectivity index (χ2v) is 3.22. The Hall–Kier alpha value is -1.56. The van der Waals surface area contributed by atoms with Gasteiger partial charge in [0.25, 0.3) is 0 Å². The quantitative estimate of drug-likeness (QED) is 0.830. The molecule has 0 radical (unpaired) electrons. The van der Waals surface area contributed by atoms with Gasteiger partial charge in [-0.25, -0.2) is 0 Å². The van der Waals surface area contributed by atoms with Gasteiger partial charge in [0.15, 0.2) is 0 Å². The van der Waals surface area contributed by atoms with Gasteiger partial charge in [-0.3, -0.25) is 4.79 Å². The van der Waals surface area contributed by atoms with Gasteiger partial charge in [-0.05, 0) is 24.7 Å². The normalized spacial score (nSPS) is 11.5. The summed E-state index contributed by atoms with van der Waals surface area (Å²) in [6.45, 7) is -0.0616. The molecule has 3 N–H and O–H groups in total. The van der Waals surface area contributed by atoms with Crippen LogP contribution in [0.3, 0.4) is 0 Å². The van der Waals surface area contributed by atoms with Gasteiger partial charge in [0.1, 0.15) is 0 Å². The first-order chi connectivity index (χ1) is 7.38. The number of benzene rings is 1. The van der Waals surface area contributed by atoms with Crippen molar-refractivity contribution in [3.05, 3.63) is 34.9 Å². The third-order valence-electron chi connectivity index (χ3n) is 2.10. The number of hydrogen-bond donors (Lipinski definition) is 2. The summed E-state index contributed by atoms with van der Waals surface area (Å²) in [4.78, 5) is 11.0. The standard InChI is InChI=1S/C10H11F3N2O/c1-15-5-7-6(9(14)16)3-2-4-8(7)10(11,12)13/h2-4,15H,5H2,1H3,(H2,14,16). The van der Waals surface area contributed by atoms with Crippen molar-refractivity contribution in [3.8, 4) is 0 Å². The largest absolute Gasteiger partial charge is 0.416 e. The molecule has 0 aliphatic heterocycles. The zero-order valence-corrected chi connectivity index (χ0v) is 8.56. The Balaban J connectivity index is 3.38. The van der Waals surface area contributed by atoms with E-state index in [-0.39, 0.29) is 17.7 Å². The number of nitrogens with two attached hydrogens (primary N) is 1. The molecule has 16 heavy (non-hydrogen) atoms. The van der Waals surface area contributed by atoms with Gasteiger partial charge in [-0.2, -0.15) is 13.2 Å². The third-order valence-corrected chi connectivity index (χ3v) is 2.10. The number of rotatable bonds is 3. The molecule has 1 aromatic carbocycles. The van der Waals surface area contributed by atoms with E-state index in [0.29, 0.717) is 0 Å². The molecule has 6 heteroatoms. The molecule has 0 bridgehead atoms. The number of amides is 1. The lowest BCUT2D eigenvalue weighted by Crippen LogP contribution is -2.21. The molecule has 1 rings (SSSR count). The number of hydrogen-bond acceptors (Lipinski definition) is 2. The van der Waals surface area contributed by atoms with Crippen molar-refractivity contribution < 1.29 is 18.0 Å². The number of nitrogens with one attached hydrogen (secondary N) is 1. The highest BCUT2D eigenvalue weighted by atomic mass is 19.4. The van der Waals surface area contributed by atoms with Crippen LogP contribution in [0.5, 0.6) is 0 Å². The second-order valence-electron chi connectivity index (χ2n) is 3.22. The summed E-state index contributed by atoms with van der Waals surface area (Å²) >= 11 is 0. The first-order valence-corrected chi connectivity index (χ1v) is 4.51. The molecule has 0 aliphatic rings. The van der Waals surface area contributed by atoms with Crippen molar-refractivity contribution in [1.29, 1.82) is 0 Å². The van der Waals surface area contributed by atoms with Crippen LogP contribution in [0.4, 0.5) is 13.2 Å². The molecular weight excluding hydrogens is 221 g/mol. The lowest BCUT2D eigenvalue weighted by molar-refractivity contribution is -0.138. The van der Waals surface area contributed by atoms with Crippen molar-refractivity contribution in [2.24, 2.45) is 5.73 Å². The molecule has 0 saturated heterocycles. The summed E-state index contributed by atoms with van der Waals surface area (Å²) in [6, 6.07) is 3.38. The molecule has 0 unspecified atom stereocenters. The Labute approximate surface area is 90.4 Å². The van der Waals surface area contributed by atoms with E-state index >= 15 is 0 Å². The average molecular weight is 232 g/mol. The molecular formula is C10H11F3N2O. The molecule has 0 saturated carbocycles. The van der Waals surface area contributed by atoms with Gasteiger partial charge in [0.05, 0.1) is 5.56 Å². The smallest absolute Gasteiger partial charge is 0.366 e. The summed E-state index contributed by atoms with van der Waals surface area (Å²) in [5, 5.41) is 2.58. The molecule has 0 aliphatic carbocycles. The van der Waals surface area contributed by atoms with E-state index in [1.807, 2.05) is 0 Å². The highest BCUT2D eigenvalue weighted by Crippen LogP contribution is 2.33. The lowest BCUT2D eigenvalue weighted by atomic mass is 10.00. The zero-order chi connectivity index (χ0) is 12.3. The zero-order valence-electron chi connectivity index (χ0n) is 8.56. The van der Waals surface area contributed by atoms with Crippen LogP contribution in [0.15, 0.2) is 18.2 Å². The molecule has 0 spiro atoms. The Morgan fingerprint density at radius 2 is 2.06 bits per heavy atom. The van der Waals surface area contributed by atoms with Crippen LogP contribution in [0.2, 0.25) is 0 Å². The molecule has 0 fully saturated rings. The van der Waals surface area contributed by atoms with Crippen LogP contribution in [0.1, 0.15) is 21.5 Å². The molecule has 88 valence electrons. The SMILES string of the molecule is CNCc1c(C(N)=O)cccc1C(F)(F)F. The number of primary amides is 1. The third kappa shape index (κ3) is 2.52. The fourth-order valence-corrected chi connectivity index (χ4v) is 1.45. The van der Waals surface area contributed by atoms with E-state index < -0.39 is 17.6 Å². The van der Waals surface area contributed by atoms with Crippen molar-refractivity contribution in [2.75, 3.05) is 7.05 Å². The number of halogens is 3. The van der Waals surface area contributed by atoms with E-state index in [4.69, 9.17) is 5.73 Å². The fraction of sp³-hybridized carbons (Fsp3) is 0.300. The highest BCUT2D eigenvalue weighted by Gasteiger charge is 2.34. The summed E-state index contributed by atoms with van der Waals surface area (Å²) in [7, 11) is 1.50.